The maximum Gasteiger partial charge on any atom is 0.425 e. The van der Waals surface area contributed by atoms with Gasteiger partial charge in [0.15, 0.2) is 16.5 Å². The minimum absolute atomic E-state index is 0.00772. The molecule has 0 fully saturated rings. The summed E-state index contributed by atoms with van der Waals surface area (Å²) in [5.41, 5.74) is 0.685. The van der Waals surface area contributed by atoms with Crippen LogP contribution in [0.3, 0.4) is 0 Å². The molecule has 616 valence electrons. The average molecular weight is 1800 g/mol. The largest absolute Gasteiger partial charge is 0.497 e. The molecular weight excluding hydrogens is 1740 g/mol. The fraction of sp³-hybridized carbons (Fsp3) is 0.203. The first-order chi connectivity index (χ1) is 55.0. The number of fused-ring (bicyclic) bond motifs is 3. The molecule has 7 aromatic carbocycles. The summed E-state index contributed by atoms with van der Waals surface area (Å²) >= 11 is 3.12. The minimum atomic E-state index is -5.11. The van der Waals surface area contributed by atoms with Gasteiger partial charge in [-0.3, -0.25) is 37.3 Å². The van der Waals surface area contributed by atoms with Crippen molar-refractivity contribution in [2.45, 2.75) is 69.7 Å². The van der Waals surface area contributed by atoms with E-state index < -0.39 is 121 Å². The third-order valence-electron chi connectivity index (χ3n) is 15.1. The number of nitro groups is 1. The number of nitrogens with zero attached hydrogens (tertiary/aromatic N) is 15. The van der Waals surface area contributed by atoms with Gasteiger partial charge in [0.25, 0.3) is 56.3 Å². The Morgan fingerprint density at radius 3 is 1.68 bits per heavy atom. The van der Waals surface area contributed by atoms with Gasteiger partial charge in [-0.25, -0.2) is 4.98 Å². The Bertz CT molecular complexity index is 6510. The van der Waals surface area contributed by atoms with Crippen LogP contribution in [0.25, 0.3) is 16.7 Å². The van der Waals surface area contributed by atoms with Crippen molar-refractivity contribution < 1.29 is 110 Å². The lowest BCUT2D eigenvalue weighted by atomic mass is 10.1. The molecule has 3 aromatic heterocycles. The smallest absolute Gasteiger partial charge is 0.425 e. The number of nitriles is 1. The second-order valence-corrected chi connectivity index (χ2v) is 35.1. The molecule has 10 aromatic rings. The summed E-state index contributed by atoms with van der Waals surface area (Å²) in [7, 11) is -28.0. The maximum absolute atomic E-state index is 12.4. The highest BCUT2D eigenvalue weighted by atomic mass is 32.2. The Labute approximate surface area is 679 Å². The van der Waals surface area contributed by atoms with E-state index in [9.17, 15) is 85.3 Å². The van der Waals surface area contributed by atoms with E-state index in [2.05, 4.69) is 67.5 Å². The number of hydrogen-bond acceptors (Lipinski definition) is 39. The van der Waals surface area contributed by atoms with E-state index in [-0.39, 0.29) is 138 Å². The van der Waals surface area contributed by atoms with E-state index in [0.717, 1.165) is 59.6 Å². The van der Waals surface area contributed by atoms with Gasteiger partial charge in [0.2, 0.25) is 17.8 Å². The Hall–Kier alpha value is -11.4. The summed E-state index contributed by atoms with van der Waals surface area (Å²) in [6, 6.07) is 32.0. The van der Waals surface area contributed by atoms with Gasteiger partial charge in [-0.2, -0.15) is 72.5 Å². The summed E-state index contributed by atoms with van der Waals surface area (Å²) in [5, 5.41) is 75.6. The first-order valence-corrected chi connectivity index (χ1v) is 44.9. The van der Waals surface area contributed by atoms with Gasteiger partial charge >= 0.3 is 21.2 Å². The van der Waals surface area contributed by atoms with Crippen molar-refractivity contribution in [3.05, 3.63) is 160 Å². The fourth-order valence-corrected chi connectivity index (χ4v) is 15.6. The lowest BCUT2D eigenvalue weighted by Gasteiger charge is -2.14. The second kappa shape index (κ2) is 40.0. The lowest BCUT2D eigenvalue weighted by molar-refractivity contribution is -0.385. The van der Waals surface area contributed by atoms with Gasteiger partial charge in [0.1, 0.15) is 50.8 Å². The molecule has 0 radical (unpaired) electrons. The molecule has 0 amide bonds. The summed E-state index contributed by atoms with van der Waals surface area (Å²) < 4.78 is 233. The van der Waals surface area contributed by atoms with Crippen LogP contribution in [0, 0.1) is 42.2 Å². The molecule has 0 spiro atoms. The molecule has 0 aliphatic rings. The Kier molecular flexibility index (Phi) is 31.2. The van der Waals surface area contributed by atoms with Crippen molar-refractivity contribution in [2.75, 3.05) is 53.1 Å². The first kappa shape index (κ1) is 91.2. The van der Waals surface area contributed by atoms with Crippen LogP contribution in [-0.4, -0.2) is 167 Å². The van der Waals surface area contributed by atoms with E-state index in [1.807, 2.05) is 0 Å². The normalized spacial score (nSPS) is 12.0. The van der Waals surface area contributed by atoms with Crippen molar-refractivity contribution in [1.29, 1.82) is 5.26 Å². The summed E-state index contributed by atoms with van der Waals surface area (Å²) in [4.78, 5) is 28.8. The summed E-state index contributed by atoms with van der Waals surface area (Å²) in [5.74, 6) is -2.49. The number of nitro benzene ring substituents is 1. The van der Waals surface area contributed by atoms with E-state index in [1.165, 1.54) is 67.0 Å². The molecule has 8 N–H and O–H groups in total. The van der Waals surface area contributed by atoms with Crippen LogP contribution in [0.5, 0.6) is 17.4 Å². The van der Waals surface area contributed by atoms with Crippen LogP contribution in [-0.2, 0) is 71.8 Å². The number of aromatic hydroxyl groups is 1. The van der Waals surface area contributed by atoms with E-state index >= 15 is 0 Å². The predicted molar refractivity (Wildman–Crippen MR) is 421 cm³/mol. The molecule has 53 heteroatoms. The molecule has 0 unspecified atom stereocenters. The SMILES string of the molecule is COc1ccc2c(c1)nc1c(C#N)c(C)c(N=Nc3cc(C)c(N=Nc4cc(Nc5nc(Nc6cccc(S(=O)(=O)O)c6)nc(Sc6ccccc6)n5)c(N=Nc5cc(C)c(N=Nc6ccc([N+](=O)[O-])cc6S(=O)(=O)O)cc5SCCCS(=O)(=O)O)cc4SCCCS(=O)(=O)O)cc3OCCCS(=O)(=O)O)c(O)n12.O=S(=O)=O.O=S(=O)=O. The summed E-state index contributed by atoms with van der Waals surface area (Å²) in [6.45, 7) is 4.35. The van der Waals surface area contributed by atoms with Crippen molar-refractivity contribution >= 4 is 198 Å². The van der Waals surface area contributed by atoms with E-state index in [4.69, 9.17) is 44.8 Å². The molecule has 0 aliphatic carbocycles. The molecule has 0 aliphatic heterocycles. The highest BCUT2D eigenvalue weighted by Gasteiger charge is 2.25. The van der Waals surface area contributed by atoms with Crippen molar-refractivity contribution in [1.82, 2.24) is 24.3 Å². The zero-order chi connectivity index (χ0) is 85.9. The van der Waals surface area contributed by atoms with Crippen LogP contribution in [0.1, 0.15) is 41.5 Å². The quantitative estimate of drug-likeness (QED) is 0.00473. The molecule has 10 rings (SSSR count). The lowest BCUT2D eigenvalue weighted by Crippen LogP contribution is -2.08. The minimum Gasteiger partial charge on any atom is -0.497 e. The Morgan fingerprint density at radius 2 is 1.11 bits per heavy atom. The number of imidazole rings is 1. The summed E-state index contributed by atoms with van der Waals surface area (Å²) in [6.07, 6.45) is -0.462. The number of anilines is 4. The number of benzene rings is 7. The number of aromatic nitrogens is 5. The fourth-order valence-electron chi connectivity index (χ4n) is 9.94. The Morgan fingerprint density at radius 1 is 0.573 bits per heavy atom. The van der Waals surface area contributed by atoms with Gasteiger partial charge in [-0.1, -0.05) is 24.3 Å². The topological polar surface area (TPSA) is 659 Å². The number of rotatable bonds is 33. The molecule has 0 atom stereocenters. The average Bonchev–Trinajstić information content (AvgIpc) is 1.60. The number of pyridine rings is 1. The molecule has 0 bridgehead atoms. The number of ether oxygens (including phenoxy) is 2. The number of methoxy groups -OCH3 is 1. The molecule has 0 saturated carbocycles. The van der Waals surface area contributed by atoms with Crippen molar-refractivity contribution in [2.24, 2.45) is 40.9 Å². The highest BCUT2D eigenvalue weighted by molar-refractivity contribution is 8.00. The maximum atomic E-state index is 12.4. The number of nitrogens with one attached hydrogen (secondary N) is 2. The molecule has 0 saturated heterocycles. The molecule has 43 nitrogen and oxygen atoms in total. The third-order valence-corrected chi connectivity index (χ3v) is 22.4. The monoisotopic (exact) mass is 1800 g/mol. The standard InChI is InChI=1S/C64H59N17O20S8.2O3S/c1-36-26-51(76-79-59-38(3)44(35-65)60-67-50-30-41(100-4)17-19-54(50)80(60)61(59)82)55(101-20-9-23-105(85,86)87)32-46(36)73-78-53-31-48(68-63-69-62(66-39-12-8-15-43(28-39)108(94,95)96)70-64(71-63)104-42-13-6-5-7-14-42)49(34-57(53)103-22-11-25-107(91,92)93)75-77-52-27-37(2)47(33-56(52)102-21-10-24-106(88,89)90)74-72-45-18-16-40(81(83)84)29-58(45)109(97,98)99;2*1-4(2)3/h5-8,12-19,26-34,82H,9-11,20-25H2,1-4H3,(H,85,86,87)(H,88,89,90)(H,91,92,93)(H,94,95,96)(H,97,98,99)(H2,66,68,69,70,71);;. The van der Waals surface area contributed by atoms with Crippen molar-refractivity contribution in [3.63, 3.8) is 0 Å². The zero-order valence-electron chi connectivity index (χ0n) is 60.1. The number of aryl methyl sites for hydroxylation is 2. The van der Waals surface area contributed by atoms with Gasteiger partial charge < -0.3 is 25.2 Å². The first-order valence-electron chi connectivity index (χ1n) is 32.4. The Balaban J connectivity index is 0.00000204. The number of azo groups is 4. The predicted octanol–water partition coefficient (Wildman–Crippen LogP) is 13.3. The number of thioether (sulfide) groups is 2. The van der Waals surface area contributed by atoms with Gasteiger partial charge in [-0.15, -0.1) is 79.5 Å². The van der Waals surface area contributed by atoms with Crippen LogP contribution in [0.2, 0.25) is 0 Å². The number of non-ortho nitro benzene ring substituents is 1. The van der Waals surface area contributed by atoms with E-state index in [1.54, 1.807) is 62.4 Å². The molecule has 117 heavy (non-hydrogen) atoms. The van der Waals surface area contributed by atoms with Crippen LogP contribution in [0.4, 0.5) is 74.5 Å². The second-order valence-electron chi connectivity index (χ2n) is 23.4. The van der Waals surface area contributed by atoms with Crippen LogP contribution < -0.4 is 20.1 Å². The molecule has 3 heterocycles. The van der Waals surface area contributed by atoms with Gasteiger partial charge in [0.05, 0.1) is 74.6 Å². The number of hydrogen-bond donors (Lipinski definition) is 8. The van der Waals surface area contributed by atoms with E-state index in [0.29, 0.717) is 38.9 Å². The van der Waals surface area contributed by atoms with Crippen molar-refractivity contribution in [3.8, 4) is 23.4 Å². The highest BCUT2D eigenvalue weighted by Crippen LogP contribution is 2.46. The molecular formula is C64H59N17O26S10. The van der Waals surface area contributed by atoms with Crippen LogP contribution >= 0.6 is 35.3 Å². The van der Waals surface area contributed by atoms with Crippen LogP contribution in [0.15, 0.2) is 198 Å². The van der Waals surface area contributed by atoms with Gasteiger partial charge in [-0.05, 0) is 153 Å². The zero-order valence-corrected chi connectivity index (χ0v) is 68.3. The van der Waals surface area contributed by atoms with Gasteiger partial charge in [0, 0.05) is 50.2 Å². The third kappa shape index (κ3) is 27.4.